The number of hydrogen-bond acceptors (Lipinski definition) is 7. The second-order valence-electron chi connectivity index (χ2n) is 14.8. The summed E-state index contributed by atoms with van der Waals surface area (Å²) < 4.78 is 11.6. The number of rotatable bonds is 7. The SMILES string of the molecule is CC(C)=CCC(O[C@H]1OC[C@@H](O)[C@@H](O)[C@H]1O)/C(C)=C/C=C/C(C)=C1\C(=O)C[C@H]2[C@@]3(C)CC[C@@H](O)C(C)(C)[C@@H]3CC[C@]12C. The van der Waals surface area contributed by atoms with Crippen molar-refractivity contribution in [2.75, 3.05) is 6.61 Å². The van der Waals surface area contributed by atoms with Gasteiger partial charge in [0.05, 0.1) is 18.8 Å². The molecule has 7 nitrogen and oxygen atoms in total. The highest BCUT2D eigenvalue weighted by Crippen LogP contribution is 2.69. The zero-order chi connectivity index (χ0) is 31.2. The Morgan fingerprint density at radius 3 is 2.36 bits per heavy atom. The summed E-state index contributed by atoms with van der Waals surface area (Å²) in [7, 11) is 0. The van der Waals surface area contributed by atoms with Crippen molar-refractivity contribution in [1.82, 2.24) is 0 Å². The lowest BCUT2D eigenvalue weighted by Crippen LogP contribution is -2.57. The topological polar surface area (TPSA) is 116 Å². The normalized spacial score (nSPS) is 42.2. The lowest BCUT2D eigenvalue weighted by molar-refractivity contribution is -0.278. The molecule has 1 heterocycles. The molecule has 1 aliphatic heterocycles. The molecule has 0 aromatic rings. The van der Waals surface area contributed by atoms with Gasteiger partial charge in [0.1, 0.15) is 18.3 Å². The van der Waals surface area contributed by atoms with Crippen LogP contribution in [0.25, 0.3) is 0 Å². The molecule has 3 aliphatic carbocycles. The summed E-state index contributed by atoms with van der Waals surface area (Å²) in [6, 6.07) is 0. The summed E-state index contributed by atoms with van der Waals surface area (Å²) in [5.41, 5.74) is 3.70. The van der Waals surface area contributed by atoms with Crippen LogP contribution in [-0.4, -0.2) is 69.6 Å². The Labute approximate surface area is 252 Å². The van der Waals surface area contributed by atoms with Crippen LogP contribution in [0.3, 0.4) is 0 Å². The predicted octanol–water partition coefficient (Wildman–Crippen LogP) is 5.18. The van der Waals surface area contributed by atoms with Gasteiger partial charge in [-0.05, 0) is 93.6 Å². The monoisotopic (exact) mass is 586 g/mol. The molecule has 0 aromatic carbocycles. The van der Waals surface area contributed by atoms with Gasteiger partial charge in [-0.25, -0.2) is 0 Å². The number of ether oxygens (including phenoxy) is 2. The van der Waals surface area contributed by atoms with E-state index in [9.17, 15) is 25.2 Å². The summed E-state index contributed by atoms with van der Waals surface area (Å²) in [4.78, 5) is 13.6. The molecule has 0 aromatic heterocycles. The van der Waals surface area contributed by atoms with Gasteiger partial charge in [0.15, 0.2) is 12.1 Å². The fourth-order valence-electron chi connectivity index (χ4n) is 8.86. The lowest BCUT2D eigenvalue weighted by Gasteiger charge is -2.62. The van der Waals surface area contributed by atoms with Gasteiger partial charge < -0.3 is 29.9 Å². The minimum Gasteiger partial charge on any atom is -0.393 e. The van der Waals surface area contributed by atoms with Crippen molar-refractivity contribution >= 4 is 5.78 Å². The van der Waals surface area contributed by atoms with Crippen LogP contribution in [0.1, 0.15) is 93.9 Å². The van der Waals surface area contributed by atoms with Crippen LogP contribution in [0.5, 0.6) is 0 Å². The van der Waals surface area contributed by atoms with Crippen LogP contribution >= 0.6 is 0 Å². The van der Waals surface area contributed by atoms with E-state index in [4.69, 9.17) is 9.47 Å². The number of aliphatic hydroxyl groups excluding tert-OH is 4. The Morgan fingerprint density at radius 1 is 1.00 bits per heavy atom. The largest absolute Gasteiger partial charge is 0.393 e. The zero-order valence-electron chi connectivity index (χ0n) is 26.9. The number of hydrogen-bond donors (Lipinski definition) is 4. The summed E-state index contributed by atoms with van der Waals surface area (Å²) in [5.74, 6) is 0.926. The fraction of sp³-hybridized carbons (Fsp3) is 0.743. The van der Waals surface area contributed by atoms with Crippen molar-refractivity contribution in [3.8, 4) is 0 Å². The summed E-state index contributed by atoms with van der Waals surface area (Å²) in [6.07, 6.45) is 7.30. The molecule has 0 radical (unpaired) electrons. The third-order valence-electron chi connectivity index (χ3n) is 11.4. The number of ketones is 1. The highest BCUT2D eigenvalue weighted by atomic mass is 16.7. The van der Waals surface area contributed by atoms with Crippen molar-refractivity contribution in [2.45, 2.75) is 131 Å². The van der Waals surface area contributed by atoms with E-state index >= 15 is 0 Å². The standard InChI is InChI=1S/C35H54O7/c1-20(2)12-13-25(42-32-31(40)30(39)24(37)19-41-32)21(3)10-9-11-22(4)29-23(36)18-27-34(7)17-15-28(38)33(5,6)26(34)14-16-35(27,29)8/h9-12,24-28,30-32,37-40H,13-19H2,1-8H3/b11-9+,21-10+,29-22+/t24-,25?,26+,27+,28-,30-,31-,32-,34+,35+/m1/s1. The Kier molecular flexibility index (Phi) is 9.84. The first-order valence-corrected chi connectivity index (χ1v) is 15.8. The summed E-state index contributed by atoms with van der Waals surface area (Å²) in [6.45, 7) is 17.0. The average Bonchev–Trinajstić information content (AvgIpc) is 3.19. The average molecular weight is 587 g/mol. The summed E-state index contributed by atoms with van der Waals surface area (Å²) >= 11 is 0. The first-order chi connectivity index (χ1) is 19.5. The van der Waals surface area contributed by atoms with E-state index in [1.165, 1.54) is 0 Å². The summed E-state index contributed by atoms with van der Waals surface area (Å²) in [5, 5.41) is 41.1. The van der Waals surface area contributed by atoms with Crippen LogP contribution in [-0.2, 0) is 14.3 Å². The van der Waals surface area contributed by atoms with Gasteiger partial charge >= 0.3 is 0 Å². The van der Waals surface area contributed by atoms with E-state index < -0.39 is 30.7 Å². The van der Waals surface area contributed by atoms with Gasteiger partial charge in [-0.15, -0.1) is 0 Å². The smallest absolute Gasteiger partial charge is 0.186 e. The van der Waals surface area contributed by atoms with Gasteiger partial charge in [0, 0.05) is 17.4 Å². The van der Waals surface area contributed by atoms with Gasteiger partial charge in [0.2, 0.25) is 0 Å². The second kappa shape index (κ2) is 12.4. The Bertz CT molecular complexity index is 1140. The number of fused-ring (bicyclic) bond motifs is 3. The van der Waals surface area contributed by atoms with Crippen molar-refractivity contribution in [1.29, 1.82) is 0 Å². The molecule has 0 amide bonds. The van der Waals surface area contributed by atoms with Gasteiger partial charge in [-0.3, -0.25) is 4.79 Å². The first-order valence-electron chi connectivity index (χ1n) is 15.8. The molecule has 236 valence electrons. The lowest BCUT2D eigenvalue weighted by atomic mass is 9.43. The second-order valence-corrected chi connectivity index (χ2v) is 14.8. The van der Waals surface area contributed by atoms with E-state index in [2.05, 4.69) is 33.8 Å². The predicted molar refractivity (Wildman–Crippen MR) is 163 cm³/mol. The molecule has 7 heteroatoms. The molecule has 0 bridgehead atoms. The van der Waals surface area contributed by atoms with Crippen LogP contribution in [0.2, 0.25) is 0 Å². The first kappa shape index (κ1) is 33.3. The molecule has 4 N–H and O–H groups in total. The zero-order valence-corrected chi connectivity index (χ0v) is 26.9. The molecule has 1 saturated heterocycles. The highest BCUT2D eigenvalue weighted by molar-refractivity contribution is 6.00. The minimum atomic E-state index is -1.35. The molecule has 4 fully saturated rings. The van der Waals surface area contributed by atoms with Crippen molar-refractivity contribution in [2.24, 2.45) is 28.1 Å². The molecule has 10 atom stereocenters. The van der Waals surface area contributed by atoms with Crippen molar-refractivity contribution in [3.05, 3.63) is 46.6 Å². The molecular weight excluding hydrogens is 532 g/mol. The maximum atomic E-state index is 13.6. The molecule has 4 rings (SSSR count). The van der Waals surface area contributed by atoms with Gasteiger partial charge in [0.25, 0.3) is 0 Å². The molecule has 4 aliphatic rings. The van der Waals surface area contributed by atoms with Gasteiger partial charge in [-0.1, -0.05) is 57.6 Å². The maximum absolute atomic E-state index is 13.6. The third-order valence-corrected chi connectivity index (χ3v) is 11.4. The van der Waals surface area contributed by atoms with E-state index in [0.717, 1.165) is 48.0 Å². The maximum Gasteiger partial charge on any atom is 0.186 e. The number of allylic oxidation sites excluding steroid dienone is 6. The van der Waals surface area contributed by atoms with Crippen LogP contribution in [0, 0.1) is 28.1 Å². The molecule has 0 spiro atoms. The van der Waals surface area contributed by atoms with E-state index in [1.54, 1.807) is 0 Å². The van der Waals surface area contributed by atoms with Crippen molar-refractivity contribution in [3.63, 3.8) is 0 Å². The van der Waals surface area contributed by atoms with E-state index in [-0.39, 0.29) is 40.7 Å². The molecule has 42 heavy (non-hydrogen) atoms. The minimum absolute atomic E-state index is 0.0263. The number of aliphatic hydroxyl groups is 4. The molecule has 3 saturated carbocycles. The quantitative estimate of drug-likeness (QED) is 0.185. The Balaban J connectivity index is 1.56. The Hall–Kier alpha value is -1.61. The Morgan fingerprint density at radius 2 is 1.69 bits per heavy atom. The van der Waals surface area contributed by atoms with E-state index in [0.29, 0.717) is 18.8 Å². The van der Waals surface area contributed by atoms with Gasteiger partial charge in [-0.2, -0.15) is 0 Å². The third kappa shape index (κ3) is 6.02. The van der Waals surface area contributed by atoms with Crippen LogP contribution < -0.4 is 0 Å². The number of carbonyl (C=O) groups excluding carboxylic acids is 1. The van der Waals surface area contributed by atoms with Crippen LogP contribution in [0.4, 0.5) is 0 Å². The number of Topliss-reactive ketones (excluding diaryl/α,β-unsaturated/α-hetero) is 1. The van der Waals surface area contributed by atoms with Crippen LogP contribution in [0.15, 0.2) is 46.6 Å². The highest BCUT2D eigenvalue weighted by Gasteiger charge is 2.64. The molecular formula is C35H54O7. The fourth-order valence-corrected chi connectivity index (χ4v) is 8.86. The number of carbonyl (C=O) groups is 1. The molecule has 1 unspecified atom stereocenters. The van der Waals surface area contributed by atoms with Crippen molar-refractivity contribution < 1.29 is 34.7 Å². The van der Waals surface area contributed by atoms with E-state index in [1.807, 2.05) is 45.9 Å².